The summed E-state index contributed by atoms with van der Waals surface area (Å²) in [6.07, 6.45) is 0. The van der Waals surface area contributed by atoms with Crippen LogP contribution in [0.4, 0.5) is 0 Å². The van der Waals surface area contributed by atoms with E-state index < -0.39 is 0 Å². The van der Waals surface area contributed by atoms with Crippen molar-refractivity contribution in [2.45, 2.75) is 0 Å². The Labute approximate surface area is 249 Å². The molecule has 0 amide bonds. The Kier molecular flexibility index (Phi) is 5.27. The molecule has 0 saturated heterocycles. The Balaban J connectivity index is 1.19. The van der Waals surface area contributed by atoms with Gasteiger partial charge in [0.15, 0.2) is 0 Å². The van der Waals surface area contributed by atoms with Gasteiger partial charge in [-0.15, -0.1) is 0 Å². The molecule has 1 heteroatoms. The molecule has 8 aromatic carbocycles. The van der Waals surface area contributed by atoms with Crippen molar-refractivity contribution in [2.24, 2.45) is 0 Å². The van der Waals surface area contributed by atoms with Crippen molar-refractivity contribution < 1.29 is 4.42 Å². The van der Waals surface area contributed by atoms with Crippen LogP contribution in [0.3, 0.4) is 0 Å². The summed E-state index contributed by atoms with van der Waals surface area (Å²) < 4.78 is 6.12. The fourth-order valence-corrected chi connectivity index (χ4v) is 6.92. The molecule has 0 spiro atoms. The minimum Gasteiger partial charge on any atom is -0.456 e. The summed E-state index contributed by atoms with van der Waals surface area (Å²) >= 11 is 0. The molecule has 0 unspecified atom stereocenters. The largest absolute Gasteiger partial charge is 0.456 e. The number of para-hydroxylation sites is 1. The Hall–Kier alpha value is -5.66. The highest BCUT2D eigenvalue weighted by atomic mass is 16.3. The summed E-state index contributed by atoms with van der Waals surface area (Å²) in [6, 6.07) is 56.8. The van der Waals surface area contributed by atoms with Crippen molar-refractivity contribution in [1.29, 1.82) is 0 Å². The third-order valence-electron chi connectivity index (χ3n) is 8.86. The van der Waals surface area contributed by atoms with E-state index >= 15 is 0 Å². The van der Waals surface area contributed by atoms with E-state index in [-0.39, 0.29) is 0 Å². The third kappa shape index (κ3) is 3.72. The van der Waals surface area contributed by atoms with Crippen molar-refractivity contribution in [3.05, 3.63) is 158 Å². The summed E-state index contributed by atoms with van der Waals surface area (Å²) in [7, 11) is 0. The third-order valence-corrected chi connectivity index (χ3v) is 8.86. The molecule has 9 aromatic rings. The van der Waals surface area contributed by atoms with Gasteiger partial charge in [-0.2, -0.15) is 0 Å². The highest BCUT2D eigenvalue weighted by Gasteiger charge is 2.16. The van der Waals surface area contributed by atoms with E-state index in [0.717, 1.165) is 16.6 Å². The number of hydrogen-bond donors (Lipinski definition) is 0. The monoisotopic (exact) mass is 546 g/mol. The van der Waals surface area contributed by atoms with Crippen LogP contribution in [-0.2, 0) is 0 Å². The van der Waals surface area contributed by atoms with Gasteiger partial charge >= 0.3 is 0 Å². The fourth-order valence-electron chi connectivity index (χ4n) is 6.92. The van der Waals surface area contributed by atoms with Crippen LogP contribution in [0.25, 0.3) is 87.6 Å². The molecule has 0 N–H and O–H groups in total. The van der Waals surface area contributed by atoms with Gasteiger partial charge in [0.25, 0.3) is 0 Å². The quantitative estimate of drug-likeness (QED) is 0.201. The molecule has 9 rings (SSSR count). The van der Waals surface area contributed by atoms with Gasteiger partial charge in [-0.1, -0.05) is 140 Å². The molecule has 1 nitrogen and oxygen atoms in total. The molecule has 0 aliphatic heterocycles. The lowest BCUT2D eigenvalue weighted by molar-refractivity contribution is 0.669. The number of furan rings is 1. The Bertz CT molecular complexity index is 2420. The molecular formula is C42H26O. The predicted molar refractivity (Wildman–Crippen MR) is 183 cm³/mol. The minimum atomic E-state index is 0.932. The summed E-state index contributed by atoms with van der Waals surface area (Å²) in [5.41, 5.74) is 9.33. The van der Waals surface area contributed by atoms with Crippen LogP contribution in [0.15, 0.2) is 162 Å². The molecule has 0 saturated carbocycles. The molecule has 0 fully saturated rings. The number of benzene rings is 8. The second kappa shape index (κ2) is 9.44. The highest BCUT2D eigenvalue weighted by Crippen LogP contribution is 2.44. The molecule has 1 aromatic heterocycles. The smallest absolute Gasteiger partial charge is 0.136 e. The van der Waals surface area contributed by atoms with Crippen LogP contribution >= 0.6 is 0 Å². The summed E-state index contributed by atoms with van der Waals surface area (Å²) in [6.45, 7) is 0. The van der Waals surface area contributed by atoms with E-state index in [2.05, 4.69) is 146 Å². The summed E-state index contributed by atoms with van der Waals surface area (Å²) in [5.74, 6) is 0. The number of fused-ring (bicyclic) bond motifs is 7. The predicted octanol–water partition coefficient (Wildman–Crippen LogP) is 12.0. The van der Waals surface area contributed by atoms with Gasteiger partial charge in [0.05, 0.1) is 0 Å². The fraction of sp³-hybridized carbons (Fsp3) is 0. The van der Waals surface area contributed by atoms with Crippen LogP contribution in [0.1, 0.15) is 0 Å². The zero-order valence-electron chi connectivity index (χ0n) is 23.4. The van der Waals surface area contributed by atoms with E-state index in [9.17, 15) is 0 Å². The first-order chi connectivity index (χ1) is 21.3. The van der Waals surface area contributed by atoms with Gasteiger partial charge in [0.2, 0.25) is 0 Å². The van der Waals surface area contributed by atoms with E-state index in [1.54, 1.807) is 0 Å². The van der Waals surface area contributed by atoms with Crippen molar-refractivity contribution >= 4 is 54.3 Å². The molecule has 0 atom stereocenters. The van der Waals surface area contributed by atoms with Crippen LogP contribution in [0.2, 0.25) is 0 Å². The van der Waals surface area contributed by atoms with Gasteiger partial charge in [0.1, 0.15) is 11.2 Å². The van der Waals surface area contributed by atoms with Crippen LogP contribution in [-0.4, -0.2) is 0 Å². The maximum atomic E-state index is 6.12. The topological polar surface area (TPSA) is 13.1 Å². The molecule has 0 radical (unpaired) electrons. The van der Waals surface area contributed by atoms with E-state index in [1.807, 2.05) is 12.1 Å². The summed E-state index contributed by atoms with van der Waals surface area (Å²) in [5, 5.41) is 9.89. The average Bonchev–Trinajstić information content (AvgIpc) is 3.47. The zero-order chi connectivity index (χ0) is 28.3. The molecule has 200 valence electrons. The molecule has 43 heavy (non-hydrogen) atoms. The van der Waals surface area contributed by atoms with Crippen LogP contribution in [0, 0.1) is 0 Å². The lowest BCUT2D eigenvalue weighted by Gasteiger charge is -2.18. The lowest BCUT2D eigenvalue weighted by atomic mass is 9.85. The minimum absolute atomic E-state index is 0.932. The normalized spacial score (nSPS) is 11.7. The van der Waals surface area contributed by atoms with Crippen molar-refractivity contribution in [2.75, 3.05) is 0 Å². The highest BCUT2D eigenvalue weighted by molar-refractivity contribution is 6.22. The number of rotatable bonds is 3. The first-order valence-corrected chi connectivity index (χ1v) is 14.8. The van der Waals surface area contributed by atoms with Crippen LogP contribution < -0.4 is 0 Å². The lowest BCUT2D eigenvalue weighted by Crippen LogP contribution is -1.90. The molecular weight excluding hydrogens is 520 g/mol. The van der Waals surface area contributed by atoms with Crippen LogP contribution in [0.5, 0.6) is 0 Å². The molecule has 0 aliphatic rings. The summed E-state index contributed by atoms with van der Waals surface area (Å²) in [4.78, 5) is 0. The molecule has 0 bridgehead atoms. The maximum Gasteiger partial charge on any atom is 0.136 e. The standard InChI is InChI=1S/C42H26O/c1-2-10-28(11-3-1)40-33-12-4-6-14-35(33)41(36-15-7-5-13-34(36)40)29-20-18-27(19-21-29)30-22-24-32-31(26-30)23-25-39-42(32)37-16-8-9-17-38(37)43-39/h1-26H. The second-order valence-corrected chi connectivity index (χ2v) is 11.3. The van der Waals surface area contributed by atoms with Gasteiger partial charge < -0.3 is 4.42 Å². The first-order valence-electron chi connectivity index (χ1n) is 14.8. The van der Waals surface area contributed by atoms with Crippen molar-refractivity contribution in [3.8, 4) is 33.4 Å². The van der Waals surface area contributed by atoms with Gasteiger partial charge in [-0.05, 0) is 83.9 Å². The van der Waals surface area contributed by atoms with E-state index in [0.29, 0.717) is 0 Å². The maximum absolute atomic E-state index is 6.12. The van der Waals surface area contributed by atoms with E-state index in [1.165, 1.54) is 71.1 Å². The second-order valence-electron chi connectivity index (χ2n) is 11.3. The van der Waals surface area contributed by atoms with Gasteiger partial charge in [-0.3, -0.25) is 0 Å². The van der Waals surface area contributed by atoms with Crippen molar-refractivity contribution in [3.63, 3.8) is 0 Å². The molecule has 0 aliphatic carbocycles. The first kappa shape index (κ1) is 24.0. The SMILES string of the molecule is c1ccc(-c2c3ccccc3c(-c3ccc(-c4ccc5c(ccc6oc7ccccc7c65)c4)cc3)c3ccccc23)cc1. The Morgan fingerprint density at radius 2 is 0.814 bits per heavy atom. The van der Waals surface area contributed by atoms with Crippen molar-refractivity contribution in [1.82, 2.24) is 0 Å². The van der Waals surface area contributed by atoms with Gasteiger partial charge in [-0.25, -0.2) is 0 Å². The Morgan fingerprint density at radius 3 is 1.47 bits per heavy atom. The average molecular weight is 547 g/mol. The van der Waals surface area contributed by atoms with E-state index in [4.69, 9.17) is 4.42 Å². The Morgan fingerprint density at radius 1 is 0.302 bits per heavy atom. The van der Waals surface area contributed by atoms with Gasteiger partial charge in [0, 0.05) is 10.8 Å². The number of hydrogen-bond acceptors (Lipinski definition) is 1. The zero-order valence-corrected chi connectivity index (χ0v) is 23.4. The molecule has 1 heterocycles.